The molecule has 7 heteroatoms. The number of carbonyl (C=O) groups is 1. The van der Waals surface area contributed by atoms with Crippen molar-refractivity contribution in [1.82, 2.24) is 9.55 Å². The van der Waals surface area contributed by atoms with E-state index in [-0.39, 0.29) is 12.1 Å². The average Bonchev–Trinajstić information content (AvgIpc) is 3.12. The average molecular weight is 499 g/mol. The summed E-state index contributed by atoms with van der Waals surface area (Å²) in [6.45, 7) is 5.88. The van der Waals surface area contributed by atoms with Crippen molar-refractivity contribution >= 4 is 45.9 Å². The fourth-order valence-corrected chi connectivity index (χ4v) is 4.59. The maximum atomic E-state index is 12.5. The lowest BCUT2D eigenvalue weighted by Crippen LogP contribution is -2.27. The predicted octanol–water partition coefficient (Wildman–Crippen LogP) is 6.86. The predicted molar refractivity (Wildman–Crippen MR) is 141 cm³/mol. The maximum absolute atomic E-state index is 12.5. The number of esters is 1. The second-order valence-electron chi connectivity index (χ2n) is 8.73. The molecule has 0 radical (unpaired) electrons. The first-order valence-corrected chi connectivity index (χ1v) is 13.6. The molecule has 0 spiro atoms. The zero-order valence-corrected chi connectivity index (χ0v) is 22.1. The highest BCUT2D eigenvalue weighted by atomic mass is 35.5. The van der Waals surface area contributed by atoms with E-state index in [1.165, 1.54) is 12.8 Å². The highest BCUT2D eigenvalue weighted by Gasteiger charge is 2.15. The minimum absolute atomic E-state index is 0.0714. The Bertz CT molecular complexity index is 834. The van der Waals surface area contributed by atoms with E-state index >= 15 is 0 Å². The molecule has 0 aliphatic heterocycles. The Balaban J connectivity index is 1.94. The number of nitrogens with zero attached hydrogens (tertiary/aromatic N) is 3. The van der Waals surface area contributed by atoms with Gasteiger partial charge in [-0.1, -0.05) is 39.5 Å². The zero-order chi connectivity index (χ0) is 24.1. The second-order valence-corrected chi connectivity index (χ2v) is 9.48. The molecule has 0 fully saturated rings. The largest absolute Gasteiger partial charge is 0.462 e. The Kier molecular flexibility index (Phi) is 13.0. The fraction of sp³-hybridized carbons (Fsp3) is 0.692. The van der Waals surface area contributed by atoms with Gasteiger partial charge in [-0.2, -0.15) is 0 Å². The standard InChI is InChI=1S/C26H41Cl2N3O2/c1-4-6-8-11-22(10-7-5-2)33-26(32)13-9-12-25-29-23-20-21(14-15-24(23)30(25)3)31(18-16-27)19-17-28/h14-15,20,22H,4-13,16-19H2,1-3H3. The molecule has 0 aliphatic rings. The number of hydrogen-bond acceptors (Lipinski definition) is 4. The number of halogens is 2. The Hall–Kier alpha value is -1.46. The molecule has 0 amide bonds. The van der Waals surface area contributed by atoms with Crippen molar-refractivity contribution in [2.45, 2.75) is 84.2 Å². The van der Waals surface area contributed by atoms with Crippen LogP contribution >= 0.6 is 23.2 Å². The van der Waals surface area contributed by atoms with Gasteiger partial charge in [0, 0.05) is 50.4 Å². The minimum Gasteiger partial charge on any atom is -0.462 e. The summed E-state index contributed by atoms with van der Waals surface area (Å²) in [6.07, 6.45) is 9.71. The van der Waals surface area contributed by atoms with E-state index in [4.69, 9.17) is 32.9 Å². The highest BCUT2D eigenvalue weighted by Crippen LogP contribution is 2.23. The third-order valence-corrected chi connectivity index (χ3v) is 6.46. The number of carbonyl (C=O) groups excluding carboxylic acids is 1. The van der Waals surface area contributed by atoms with Crippen molar-refractivity contribution in [3.63, 3.8) is 0 Å². The molecule has 1 aromatic heterocycles. The Morgan fingerprint density at radius 3 is 2.42 bits per heavy atom. The molecule has 0 aliphatic carbocycles. The first kappa shape index (κ1) is 27.8. The molecule has 1 heterocycles. The maximum Gasteiger partial charge on any atom is 0.306 e. The van der Waals surface area contributed by atoms with Crippen LogP contribution in [-0.2, 0) is 23.0 Å². The van der Waals surface area contributed by atoms with Gasteiger partial charge in [0.15, 0.2) is 0 Å². The summed E-state index contributed by atoms with van der Waals surface area (Å²) in [4.78, 5) is 19.5. The van der Waals surface area contributed by atoms with E-state index in [1.54, 1.807) is 0 Å². The highest BCUT2D eigenvalue weighted by molar-refractivity contribution is 6.18. The topological polar surface area (TPSA) is 47.4 Å². The zero-order valence-electron chi connectivity index (χ0n) is 20.6. The van der Waals surface area contributed by atoms with E-state index in [9.17, 15) is 4.79 Å². The number of benzene rings is 1. The monoisotopic (exact) mass is 497 g/mol. The van der Waals surface area contributed by atoms with Crippen LogP contribution in [-0.4, -0.2) is 46.5 Å². The quantitative estimate of drug-likeness (QED) is 0.136. The number of fused-ring (bicyclic) bond motifs is 1. The van der Waals surface area contributed by atoms with Crippen LogP contribution in [0.2, 0.25) is 0 Å². The van der Waals surface area contributed by atoms with Crippen LogP contribution in [0.5, 0.6) is 0 Å². The summed E-state index contributed by atoms with van der Waals surface area (Å²) >= 11 is 11.9. The molecule has 1 aromatic carbocycles. The van der Waals surface area contributed by atoms with Crippen molar-refractivity contribution in [1.29, 1.82) is 0 Å². The lowest BCUT2D eigenvalue weighted by atomic mass is 10.1. The van der Waals surface area contributed by atoms with Crippen LogP contribution < -0.4 is 4.90 Å². The normalized spacial score (nSPS) is 12.3. The van der Waals surface area contributed by atoms with Gasteiger partial charge in [-0.05, 0) is 43.9 Å². The molecule has 5 nitrogen and oxygen atoms in total. The second kappa shape index (κ2) is 15.4. The molecule has 2 aromatic rings. The van der Waals surface area contributed by atoms with Gasteiger partial charge in [0.2, 0.25) is 0 Å². The van der Waals surface area contributed by atoms with E-state index in [0.29, 0.717) is 18.2 Å². The van der Waals surface area contributed by atoms with Gasteiger partial charge < -0.3 is 14.2 Å². The van der Waals surface area contributed by atoms with Gasteiger partial charge in [-0.3, -0.25) is 4.79 Å². The number of aromatic nitrogens is 2. The van der Waals surface area contributed by atoms with Gasteiger partial charge in [0.1, 0.15) is 11.9 Å². The minimum atomic E-state index is -0.0774. The molecule has 0 saturated heterocycles. The fourth-order valence-electron chi connectivity index (χ4n) is 4.18. The number of imidazole rings is 1. The molecule has 186 valence electrons. The van der Waals surface area contributed by atoms with Crippen molar-refractivity contribution < 1.29 is 9.53 Å². The van der Waals surface area contributed by atoms with Crippen molar-refractivity contribution in [3.8, 4) is 0 Å². The number of aryl methyl sites for hydroxylation is 2. The molecule has 0 N–H and O–H groups in total. The number of ether oxygens (including phenoxy) is 1. The Morgan fingerprint density at radius 1 is 1.06 bits per heavy atom. The third kappa shape index (κ3) is 9.01. The summed E-state index contributed by atoms with van der Waals surface area (Å²) in [5, 5.41) is 0. The molecular weight excluding hydrogens is 457 g/mol. The lowest BCUT2D eigenvalue weighted by molar-refractivity contribution is -0.150. The van der Waals surface area contributed by atoms with Gasteiger partial charge in [-0.15, -0.1) is 23.2 Å². The molecule has 0 bridgehead atoms. The summed E-state index contributed by atoms with van der Waals surface area (Å²) in [5.74, 6) is 2.01. The number of anilines is 1. The SMILES string of the molecule is CCCCCC(CCCC)OC(=O)CCCc1nc2cc(N(CCCl)CCCl)ccc2n1C. The van der Waals surface area contributed by atoms with E-state index in [2.05, 4.69) is 41.5 Å². The van der Waals surface area contributed by atoms with Crippen molar-refractivity contribution in [2.75, 3.05) is 29.7 Å². The molecule has 1 atom stereocenters. The van der Waals surface area contributed by atoms with Crippen LogP contribution in [0.1, 0.15) is 77.5 Å². The van der Waals surface area contributed by atoms with Crippen LogP contribution in [0.15, 0.2) is 18.2 Å². The third-order valence-electron chi connectivity index (χ3n) is 6.12. The van der Waals surface area contributed by atoms with Crippen molar-refractivity contribution in [2.24, 2.45) is 7.05 Å². The number of hydrogen-bond donors (Lipinski definition) is 0. The van der Waals surface area contributed by atoms with Crippen LogP contribution in [0.25, 0.3) is 11.0 Å². The van der Waals surface area contributed by atoms with E-state index in [1.807, 2.05) is 7.05 Å². The number of alkyl halides is 2. The van der Waals surface area contributed by atoms with Crippen LogP contribution in [0.4, 0.5) is 5.69 Å². The van der Waals surface area contributed by atoms with Gasteiger partial charge in [-0.25, -0.2) is 4.98 Å². The lowest BCUT2D eigenvalue weighted by Gasteiger charge is -2.22. The van der Waals surface area contributed by atoms with E-state index < -0.39 is 0 Å². The molecule has 33 heavy (non-hydrogen) atoms. The first-order valence-electron chi connectivity index (χ1n) is 12.6. The van der Waals surface area contributed by atoms with Gasteiger partial charge >= 0.3 is 5.97 Å². The van der Waals surface area contributed by atoms with Crippen LogP contribution in [0, 0.1) is 0 Å². The van der Waals surface area contributed by atoms with Gasteiger partial charge in [0.05, 0.1) is 11.0 Å². The van der Waals surface area contributed by atoms with Gasteiger partial charge in [0.25, 0.3) is 0 Å². The first-order chi connectivity index (χ1) is 16.0. The Morgan fingerprint density at radius 2 is 1.76 bits per heavy atom. The summed E-state index contributed by atoms with van der Waals surface area (Å²) < 4.78 is 7.94. The smallest absolute Gasteiger partial charge is 0.306 e. The molecular formula is C26H41Cl2N3O2. The van der Waals surface area contributed by atoms with Crippen LogP contribution in [0.3, 0.4) is 0 Å². The van der Waals surface area contributed by atoms with E-state index in [0.717, 1.165) is 80.6 Å². The Labute approximate surface area is 209 Å². The summed E-state index contributed by atoms with van der Waals surface area (Å²) in [6, 6.07) is 6.29. The number of rotatable bonds is 17. The number of unbranched alkanes of at least 4 members (excludes halogenated alkanes) is 3. The molecule has 0 saturated carbocycles. The molecule has 2 rings (SSSR count). The van der Waals surface area contributed by atoms with Crippen molar-refractivity contribution in [3.05, 3.63) is 24.0 Å². The summed E-state index contributed by atoms with van der Waals surface area (Å²) in [5.41, 5.74) is 3.12. The molecule has 1 unspecified atom stereocenters. The summed E-state index contributed by atoms with van der Waals surface area (Å²) in [7, 11) is 2.03.